The zero-order chi connectivity index (χ0) is 12.3. The van der Waals surface area contributed by atoms with E-state index in [-0.39, 0.29) is 17.0 Å². The standard InChI is InChI=1S/C14H12NOSe.BrH/c1-4-8-15-11(3)17-14-7-6-12(10-13(14)15)16-9-5-2;/h1-2,6-7,10H,8-9H2,3H3;1H/q+1;/p-1. The van der Waals surface area contributed by atoms with Gasteiger partial charge in [-0.1, -0.05) is 0 Å². The smallest absolute Gasteiger partial charge is 1.00 e. The quantitative estimate of drug-likeness (QED) is 0.352. The van der Waals surface area contributed by atoms with Crippen LogP contribution in [0.4, 0.5) is 0 Å². The summed E-state index contributed by atoms with van der Waals surface area (Å²) >= 11 is 0.372. The molecule has 1 aromatic carbocycles. The van der Waals surface area contributed by atoms with E-state index >= 15 is 0 Å². The number of benzene rings is 1. The Hall–Kier alpha value is -1.19. The van der Waals surface area contributed by atoms with Gasteiger partial charge in [0, 0.05) is 0 Å². The molecule has 2 nitrogen and oxygen atoms in total. The Labute approximate surface area is 123 Å². The molecule has 0 unspecified atom stereocenters. The molecule has 0 aliphatic heterocycles. The van der Waals surface area contributed by atoms with Crippen LogP contribution in [0.5, 0.6) is 5.75 Å². The Morgan fingerprint density at radius 3 is 2.78 bits per heavy atom. The van der Waals surface area contributed by atoms with Gasteiger partial charge in [0.2, 0.25) is 0 Å². The van der Waals surface area contributed by atoms with Gasteiger partial charge in [0.05, 0.1) is 0 Å². The fraction of sp³-hybridized carbons (Fsp3) is 0.214. The van der Waals surface area contributed by atoms with E-state index in [9.17, 15) is 0 Å². The molecule has 0 aliphatic rings. The maximum absolute atomic E-state index is 5.43. The SMILES string of the molecule is C#CCOc1ccc2[se]c(C)[n+](CC#C)c2c1.[Br-]. The van der Waals surface area contributed by atoms with Gasteiger partial charge in [0.15, 0.2) is 0 Å². The molecule has 0 atom stereocenters. The van der Waals surface area contributed by atoms with E-state index in [1.54, 1.807) is 0 Å². The van der Waals surface area contributed by atoms with Gasteiger partial charge in [-0.05, 0) is 0 Å². The minimum atomic E-state index is 0. The number of fused-ring (bicyclic) bond motifs is 1. The third kappa shape index (κ3) is 2.98. The first kappa shape index (κ1) is 14.9. The molecule has 1 aromatic heterocycles. The van der Waals surface area contributed by atoms with Crippen LogP contribution in [0.1, 0.15) is 4.57 Å². The van der Waals surface area contributed by atoms with E-state index in [0.717, 1.165) is 11.3 Å². The Bertz CT molecular complexity index is 634. The Morgan fingerprint density at radius 2 is 2.11 bits per heavy atom. The van der Waals surface area contributed by atoms with Gasteiger partial charge >= 0.3 is 107 Å². The second-order valence-corrected chi connectivity index (χ2v) is 6.12. The Balaban J connectivity index is 0.00000162. The molecular weight excluding hydrogens is 357 g/mol. The number of hydrogen-bond donors (Lipinski definition) is 0. The first-order chi connectivity index (χ1) is 8.26. The van der Waals surface area contributed by atoms with Crippen LogP contribution in [0.3, 0.4) is 0 Å². The number of rotatable bonds is 3. The van der Waals surface area contributed by atoms with Crippen molar-refractivity contribution >= 4 is 24.3 Å². The van der Waals surface area contributed by atoms with Crippen molar-refractivity contribution in [2.24, 2.45) is 0 Å². The number of nitrogens with zero attached hydrogens (tertiary/aromatic N) is 1. The van der Waals surface area contributed by atoms with Gasteiger partial charge in [-0.3, -0.25) is 0 Å². The van der Waals surface area contributed by atoms with Crippen molar-refractivity contribution in [3.8, 4) is 30.4 Å². The summed E-state index contributed by atoms with van der Waals surface area (Å²) in [5.74, 6) is 5.95. The Kier molecular flexibility index (Phi) is 5.51. The van der Waals surface area contributed by atoms with Gasteiger partial charge < -0.3 is 17.0 Å². The van der Waals surface area contributed by atoms with Gasteiger partial charge in [0.1, 0.15) is 0 Å². The number of terminal acetylenes is 2. The summed E-state index contributed by atoms with van der Waals surface area (Å²) < 4.78 is 10.3. The molecule has 0 fully saturated rings. The molecule has 2 rings (SSSR count). The van der Waals surface area contributed by atoms with Crippen LogP contribution in [0.25, 0.3) is 9.78 Å². The predicted molar refractivity (Wildman–Crippen MR) is 69.0 cm³/mol. The topological polar surface area (TPSA) is 13.1 Å². The van der Waals surface area contributed by atoms with Crippen molar-refractivity contribution in [3.63, 3.8) is 0 Å². The van der Waals surface area contributed by atoms with Crippen molar-refractivity contribution in [1.29, 1.82) is 0 Å². The van der Waals surface area contributed by atoms with E-state index in [2.05, 4.69) is 29.4 Å². The molecule has 18 heavy (non-hydrogen) atoms. The molecule has 4 heteroatoms. The van der Waals surface area contributed by atoms with Crippen LogP contribution in [0.2, 0.25) is 0 Å². The third-order valence-electron chi connectivity index (χ3n) is 2.43. The monoisotopic (exact) mass is 369 g/mol. The first-order valence-corrected chi connectivity index (χ1v) is 6.90. The van der Waals surface area contributed by atoms with Crippen molar-refractivity contribution in [2.45, 2.75) is 13.5 Å². The van der Waals surface area contributed by atoms with Gasteiger partial charge in [0.25, 0.3) is 0 Å². The van der Waals surface area contributed by atoms with Crippen molar-refractivity contribution in [2.75, 3.05) is 6.61 Å². The van der Waals surface area contributed by atoms with Gasteiger partial charge in [-0.25, -0.2) is 0 Å². The minimum Gasteiger partial charge on any atom is -1.00 e. The van der Waals surface area contributed by atoms with Crippen LogP contribution < -0.4 is 26.3 Å². The van der Waals surface area contributed by atoms with Crippen LogP contribution in [-0.2, 0) is 6.54 Å². The molecule has 0 saturated heterocycles. The first-order valence-electron chi connectivity index (χ1n) is 5.19. The van der Waals surface area contributed by atoms with Crippen molar-refractivity contribution < 1.29 is 26.3 Å². The summed E-state index contributed by atoms with van der Waals surface area (Å²) in [6, 6.07) is 6.08. The summed E-state index contributed by atoms with van der Waals surface area (Å²) in [5, 5.41) is 0. The second-order valence-electron chi connectivity index (χ2n) is 3.53. The summed E-state index contributed by atoms with van der Waals surface area (Å²) in [6.45, 7) is 3.03. The van der Waals surface area contributed by atoms with Crippen LogP contribution >= 0.6 is 0 Å². The van der Waals surface area contributed by atoms with E-state index in [4.69, 9.17) is 17.6 Å². The second kappa shape index (κ2) is 6.66. The largest absolute Gasteiger partial charge is 1.00 e. The molecule has 0 saturated carbocycles. The fourth-order valence-electron chi connectivity index (χ4n) is 1.68. The molecule has 2 aromatic rings. The third-order valence-corrected chi connectivity index (χ3v) is 4.70. The van der Waals surface area contributed by atoms with E-state index in [1.165, 1.54) is 8.83 Å². The van der Waals surface area contributed by atoms with E-state index < -0.39 is 0 Å². The van der Waals surface area contributed by atoms with Crippen molar-refractivity contribution in [1.82, 2.24) is 0 Å². The van der Waals surface area contributed by atoms with E-state index in [0.29, 0.717) is 27.7 Å². The fourth-order valence-corrected chi connectivity index (χ4v) is 3.78. The normalized spacial score (nSPS) is 9.28. The molecule has 0 bridgehead atoms. The molecule has 0 spiro atoms. The molecule has 1 heterocycles. The van der Waals surface area contributed by atoms with Gasteiger partial charge in [-0.2, -0.15) is 0 Å². The average molecular weight is 369 g/mol. The molecule has 0 radical (unpaired) electrons. The summed E-state index contributed by atoms with van der Waals surface area (Å²) in [5.41, 5.74) is 1.16. The molecular formula is C14H12BrNOSe. The minimum absolute atomic E-state index is 0. The number of hydrogen-bond acceptors (Lipinski definition) is 1. The number of ether oxygens (including phenoxy) is 1. The number of aromatic nitrogens is 1. The van der Waals surface area contributed by atoms with Crippen molar-refractivity contribution in [3.05, 3.63) is 22.8 Å². The average Bonchev–Trinajstić information content (AvgIpc) is 2.64. The maximum atomic E-state index is 5.43. The van der Waals surface area contributed by atoms with Crippen LogP contribution in [0.15, 0.2) is 18.2 Å². The maximum Gasteiger partial charge on any atom is -1.00 e. The summed E-state index contributed by atoms with van der Waals surface area (Å²) in [7, 11) is 0. The van der Waals surface area contributed by atoms with E-state index in [1.807, 2.05) is 12.1 Å². The predicted octanol–water partition coefficient (Wildman–Crippen LogP) is -1.86. The van der Waals surface area contributed by atoms with Crippen LogP contribution in [-0.4, -0.2) is 21.1 Å². The molecule has 0 aliphatic carbocycles. The zero-order valence-electron chi connectivity index (χ0n) is 9.94. The number of aryl methyl sites for hydroxylation is 1. The number of halogens is 1. The molecule has 0 amide bonds. The summed E-state index contributed by atoms with van der Waals surface area (Å²) in [4.78, 5) is 0. The van der Waals surface area contributed by atoms with Crippen LogP contribution in [0, 0.1) is 31.6 Å². The summed E-state index contributed by atoms with van der Waals surface area (Å²) in [6.07, 6.45) is 10.6. The Morgan fingerprint density at radius 1 is 1.33 bits per heavy atom. The molecule has 0 N–H and O–H groups in total. The van der Waals surface area contributed by atoms with Gasteiger partial charge in [-0.15, -0.1) is 0 Å². The molecule has 92 valence electrons. The zero-order valence-corrected chi connectivity index (χ0v) is 13.2.